The first kappa shape index (κ1) is 140. The number of hydrogen-bond donors (Lipinski definition) is 2. The topological polar surface area (TPSA) is 731 Å². The van der Waals surface area contributed by atoms with Crippen LogP contribution in [0.25, 0.3) is 0 Å². The van der Waals surface area contributed by atoms with Gasteiger partial charge < -0.3 is 75.8 Å². The molecular weight excluding hydrogens is 2050 g/mol. The highest BCUT2D eigenvalue weighted by Gasteiger charge is 2.27. The van der Waals surface area contributed by atoms with E-state index in [2.05, 4.69) is 75.8 Å². The largest absolute Gasteiger partial charge is 0.466 e. The van der Waals surface area contributed by atoms with Crippen LogP contribution in [0.2, 0.25) is 0 Å². The van der Waals surface area contributed by atoms with Gasteiger partial charge in [-0.15, -0.1) is 0 Å². The summed E-state index contributed by atoms with van der Waals surface area (Å²) in [5.74, 6) is -13.4. The third kappa shape index (κ3) is 85.9. The Hall–Kier alpha value is -11.2. The van der Waals surface area contributed by atoms with Crippen molar-refractivity contribution in [3.63, 3.8) is 0 Å². The van der Waals surface area contributed by atoms with Crippen LogP contribution in [-0.2, 0) is 232 Å². The quantitative estimate of drug-likeness (QED) is 0.0255. The van der Waals surface area contributed by atoms with Gasteiger partial charge in [0.2, 0.25) is 60.1 Å². The lowest BCUT2D eigenvalue weighted by molar-refractivity contribution is -0.139. The Morgan fingerprint density at radius 3 is 0.664 bits per heavy atom. The van der Waals surface area contributed by atoms with Gasteiger partial charge in [-0.25, -0.2) is 171 Å². The first-order chi connectivity index (χ1) is 65.1. The number of piperidine rings is 2. The number of nitrogens with zero attached hydrogens (tertiary/aromatic N) is 4. The predicted molar refractivity (Wildman–Crippen MR) is 494 cm³/mol. The number of hydrogen-bond acceptors (Lipinski definition) is 48. The summed E-state index contributed by atoms with van der Waals surface area (Å²) in [6.07, 6.45) is 22.5. The molecule has 62 heteroatoms. The number of sulfonamides is 6. The van der Waals surface area contributed by atoms with Crippen LogP contribution < -0.4 is 9.44 Å². The minimum Gasteiger partial charge on any atom is -0.466 e. The smallest absolute Gasteiger partial charge is 0.331 e. The summed E-state index contributed by atoms with van der Waals surface area (Å²) >= 11 is 0. The maximum Gasteiger partial charge on any atom is 0.331 e. The van der Waals surface area contributed by atoms with E-state index in [4.69, 9.17) is 9.47 Å². The summed E-state index contributed by atoms with van der Waals surface area (Å²) in [6.45, 7) is 4.75. The van der Waals surface area contributed by atoms with Gasteiger partial charge in [-0.3, -0.25) is 0 Å². The number of esters is 16. The number of carbonyl (C=O) groups is 16. The first-order valence-corrected chi connectivity index (χ1v) is 54.4. The third-order valence-corrected chi connectivity index (χ3v) is 27.7. The summed E-state index contributed by atoms with van der Waals surface area (Å²) in [5.41, 5.74) is 0. The molecule has 0 aliphatic carbocycles. The third-order valence-electron chi connectivity index (χ3n) is 15.5. The van der Waals surface area contributed by atoms with Crippen LogP contribution in [0, 0.1) is 0 Å². The molecule has 0 aromatic rings. The fourth-order valence-corrected chi connectivity index (χ4v) is 15.1. The highest BCUT2D eigenvalue weighted by Crippen LogP contribution is 2.15. The lowest BCUT2D eigenvalue weighted by atomic mass is 10.2. The number of methoxy groups -OCH3 is 8. The Balaban J connectivity index is -0.000000367. The molecule has 0 unspecified atom stereocenters. The van der Waals surface area contributed by atoms with Gasteiger partial charge in [-0.05, 0) is 52.6 Å². The van der Waals surface area contributed by atoms with Crippen LogP contribution in [0.5, 0.6) is 0 Å². The molecule has 0 bridgehead atoms. The second-order valence-electron chi connectivity index (χ2n) is 26.3. The van der Waals surface area contributed by atoms with Crippen LogP contribution >= 0.6 is 0 Å². The number of carbonyl (C=O) groups excluding carboxylic acids is 16. The first-order valence-electron chi connectivity index (χ1n) is 40.5. The average Bonchev–Trinajstić information content (AvgIpc) is 0.851. The highest BCUT2D eigenvalue weighted by molar-refractivity contribution is 7.91. The minimum absolute atomic E-state index is 0.00256. The van der Waals surface area contributed by atoms with E-state index < -0.39 is 175 Å². The molecule has 0 radical (unpaired) electrons. The van der Waals surface area contributed by atoms with E-state index >= 15 is 0 Å². The summed E-state index contributed by atoms with van der Waals surface area (Å²) < 4.78 is 261. The highest BCUT2D eigenvalue weighted by atomic mass is 32.2. The molecule has 2 N–H and O–H groups in total. The summed E-state index contributed by atoms with van der Waals surface area (Å²) in [4.78, 5) is 173. The van der Waals surface area contributed by atoms with Crippen molar-refractivity contribution in [1.82, 2.24) is 26.7 Å². The number of sulfone groups is 2. The molecule has 804 valence electrons. The summed E-state index contributed by atoms with van der Waals surface area (Å²) in [5, 5.41) is 0. The van der Waals surface area contributed by atoms with Crippen LogP contribution in [0.3, 0.4) is 0 Å². The Labute approximate surface area is 815 Å². The van der Waals surface area contributed by atoms with Crippen LogP contribution in [-0.4, -0.2) is 416 Å². The zero-order valence-electron chi connectivity index (χ0n) is 80.1. The van der Waals surface area contributed by atoms with Gasteiger partial charge >= 0.3 is 95.5 Å². The molecule has 0 aromatic carbocycles. The van der Waals surface area contributed by atoms with Crippen LogP contribution in [0.15, 0.2) is 97.2 Å². The van der Waals surface area contributed by atoms with Crippen molar-refractivity contribution in [2.75, 3.05) is 236 Å². The molecule has 2 aliphatic heterocycles. The molecule has 2 rings (SSSR count). The SMILES string of the molecule is CCN(CC)S(=O)(=O)CCOC(=O)/C=C/C(=O)OC.CNS(=O)(=O)CCCOC(=O)/C=C/C(=O)OC.CNS(=O)(=O)CCOC(=O)/C=C/C(=O)OC.COC(=O)/C=C/C(=O)OCCCS(C)(=O)=O.COC(=O)/C=C/C(=O)OCCS(=O)(=O)N(C)C.COC(=O)/C=C/C(=O)OCCS(=O)(=O)N1CCCCC1.COC(=O)/C=C/C(=O)OCCS(=O)(=O)N1CCCCC1.COC(=O)/C=C/C(=O)OCCS(C)(=O)=O. The van der Waals surface area contributed by atoms with E-state index in [-0.39, 0.29) is 112 Å². The van der Waals surface area contributed by atoms with Crippen molar-refractivity contribution < 1.29 is 220 Å². The molecule has 140 heavy (non-hydrogen) atoms. The Morgan fingerprint density at radius 2 is 0.450 bits per heavy atom. The second-order valence-corrected chi connectivity index (χ2v) is 43.4. The standard InChI is InChI=1S/2C12H19NO6S.C11H19NO6S.2C9H15NO6S.C9H14O6S.C8H13NO6S.C8H12O6S/c2*1-18-11(14)5-6-12(15)19-9-10-20(16,17)13-7-3-2-4-8-13;1-4-12(5-2)19(15,16)9-8-18-11(14)7-6-10(13)17-3;1-10(2)17(13,14)7-6-16-9(12)5-4-8(11)15-3;1-10-17(13,14)7-3-6-16-9(12)5-4-8(11)15-2;1-14-8(10)4-5-9(11)15-6-3-7-16(2,12)13;1-9-16(12,13)6-5-15-8(11)4-3-7(10)14-2;1-13-7(9)3-4-8(10)14-5-6-15(2,11)12/h2*5-6H,2-4,7-10H2,1H3;6-7H,4-5,8-9H2,1-3H3;4-5H,6-7H2,1-3H3;4-5,10H,3,6-7H2,1-2H3;4-5H,3,6-7H2,1-2H3;3-4,9H,5-6H2,1-2H3;3-4H,5-6H2,1-2H3/b2*6-5+;7-6+;3*5-4+;2*4-3+. The van der Waals surface area contributed by atoms with Crippen LogP contribution in [0.4, 0.5) is 0 Å². The number of rotatable bonds is 50. The lowest BCUT2D eigenvalue weighted by Gasteiger charge is -2.25. The molecule has 0 saturated carbocycles. The zero-order valence-corrected chi connectivity index (χ0v) is 86.6. The molecular formula is C78H126N6O48S8. The average molecular weight is 2170 g/mol. The second kappa shape index (κ2) is 79.5. The van der Waals surface area contributed by atoms with Crippen molar-refractivity contribution in [3.8, 4) is 0 Å². The van der Waals surface area contributed by atoms with Crippen molar-refractivity contribution in [1.29, 1.82) is 0 Å². The zero-order chi connectivity index (χ0) is 109. The normalized spacial score (nSPS) is 13.1. The van der Waals surface area contributed by atoms with E-state index in [1.807, 2.05) is 0 Å². The predicted octanol–water partition coefficient (Wildman–Crippen LogP) is -3.77. The van der Waals surface area contributed by atoms with Gasteiger partial charge in [0.25, 0.3) is 0 Å². The van der Waals surface area contributed by atoms with Gasteiger partial charge in [0.15, 0.2) is 9.84 Å². The van der Waals surface area contributed by atoms with E-state index in [9.17, 15) is 144 Å². The number of ether oxygens (including phenoxy) is 16. The van der Waals surface area contributed by atoms with E-state index in [0.717, 1.165) is 160 Å². The summed E-state index contributed by atoms with van der Waals surface area (Å²) in [7, 11) is -11.7. The molecule has 0 spiro atoms. The van der Waals surface area contributed by atoms with Gasteiger partial charge in [0.05, 0.1) is 116 Å². The molecule has 2 aliphatic rings. The molecule has 2 fully saturated rings. The number of nitrogens with one attached hydrogen (secondary N) is 2. The van der Waals surface area contributed by atoms with Gasteiger partial charge in [0, 0.05) is 163 Å². The van der Waals surface area contributed by atoms with E-state index in [1.165, 1.54) is 90.9 Å². The van der Waals surface area contributed by atoms with Crippen molar-refractivity contribution in [2.24, 2.45) is 0 Å². The maximum atomic E-state index is 11.9. The fraction of sp³-hybridized carbons (Fsp3) is 0.590. The van der Waals surface area contributed by atoms with Gasteiger partial charge in [0.1, 0.15) is 49.5 Å². The van der Waals surface area contributed by atoms with Crippen LogP contribution in [0.1, 0.15) is 65.2 Å². The minimum atomic E-state index is -3.41. The molecule has 54 nitrogen and oxygen atoms in total. The lowest BCUT2D eigenvalue weighted by Crippen LogP contribution is -2.38. The Bertz CT molecular complexity index is 5040. The Morgan fingerprint density at radius 1 is 0.257 bits per heavy atom. The van der Waals surface area contributed by atoms with Crippen molar-refractivity contribution in [3.05, 3.63) is 97.2 Å². The van der Waals surface area contributed by atoms with Crippen molar-refractivity contribution in [2.45, 2.75) is 65.2 Å². The summed E-state index contributed by atoms with van der Waals surface area (Å²) in [6, 6.07) is 0. The monoisotopic (exact) mass is 2170 g/mol. The molecule has 0 atom stereocenters. The van der Waals surface area contributed by atoms with E-state index in [1.54, 1.807) is 13.8 Å². The fourth-order valence-electron chi connectivity index (χ4n) is 8.15. The molecule has 2 saturated heterocycles. The molecule has 2 heterocycles. The maximum absolute atomic E-state index is 11.9. The Kier molecular flexibility index (Phi) is 79.2. The molecule has 0 amide bonds. The van der Waals surface area contributed by atoms with Gasteiger partial charge in [-0.2, -0.15) is 0 Å². The van der Waals surface area contributed by atoms with E-state index in [0.29, 0.717) is 39.3 Å². The van der Waals surface area contributed by atoms with Gasteiger partial charge in [-0.1, -0.05) is 26.7 Å². The van der Waals surface area contributed by atoms with Crippen molar-refractivity contribution >= 4 is 175 Å². The molecule has 0 aromatic heterocycles.